The van der Waals surface area contributed by atoms with Gasteiger partial charge in [0, 0.05) is 38.6 Å². The molecule has 0 N–H and O–H groups in total. The first-order chi connectivity index (χ1) is 11.7. The van der Waals surface area contributed by atoms with Crippen molar-refractivity contribution in [3.8, 4) is 0 Å². The predicted octanol–water partition coefficient (Wildman–Crippen LogP) is 2.04. The van der Waals surface area contributed by atoms with E-state index < -0.39 is 0 Å². The number of piperazine rings is 1. The highest BCUT2D eigenvalue weighted by molar-refractivity contribution is 5.42. The summed E-state index contributed by atoms with van der Waals surface area (Å²) in [6.45, 7) is 9.31. The molecule has 1 aliphatic carbocycles. The average Bonchev–Trinajstić information content (AvgIpc) is 2.61. The summed E-state index contributed by atoms with van der Waals surface area (Å²) in [6.07, 6.45) is 10.6. The van der Waals surface area contributed by atoms with Gasteiger partial charge in [0.15, 0.2) is 0 Å². The molecule has 2 aliphatic heterocycles. The van der Waals surface area contributed by atoms with Crippen molar-refractivity contribution in [2.75, 3.05) is 51.2 Å². The molecule has 3 aliphatic rings. The van der Waals surface area contributed by atoms with Gasteiger partial charge in [-0.2, -0.15) is 0 Å². The molecule has 2 saturated heterocycles. The highest BCUT2D eigenvalue weighted by atomic mass is 15.3. The summed E-state index contributed by atoms with van der Waals surface area (Å²) in [5.74, 6) is 0.940. The molecule has 3 fully saturated rings. The molecule has 1 aromatic rings. The predicted molar refractivity (Wildman–Crippen MR) is 97.4 cm³/mol. The Morgan fingerprint density at radius 3 is 2.21 bits per heavy atom. The van der Waals surface area contributed by atoms with E-state index in [1.807, 2.05) is 12.4 Å². The first-order valence-electron chi connectivity index (χ1n) is 9.66. The summed E-state index contributed by atoms with van der Waals surface area (Å²) in [5, 5.41) is 0. The first-order valence-corrected chi connectivity index (χ1v) is 9.66. The second-order valence-corrected chi connectivity index (χ2v) is 8.10. The topological polar surface area (TPSA) is 35.5 Å². The molecule has 24 heavy (non-hydrogen) atoms. The van der Waals surface area contributed by atoms with E-state index in [4.69, 9.17) is 0 Å². The summed E-state index contributed by atoms with van der Waals surface area (Å²) in [6, 6.07) is 0.842. The summed E-state index contributed by atoms with van der Waals surface area (Å²) >= 11 is 0. The standard InChI is InChI=1S/C19H31N5/c1-3-18-20-14-17(15-21-18)24-10-8-23(9-11-24)16-12-19(13-16)4-6-22(2)7-5-19/h14-16H,3-13H2,1-2H3. The fourth-order valence-electron chi connectivity index (χ4n) is 4.74. The quantitative estimate of drug-likeness (QED) is 0.848. The van der Waals surface area contributed by atoms with Gasteiger partial charge >= 0.3 is 0 Å². The van der Waals surface area contributed by atoms with Gasteiger partial charge in [0.05, 0.1) is 18.1 Å². The molecule has 5 nitrogen and oxygen atoms in total. The van der Waals surface area contributed by atoms with Crippen molar-refractivity contribution in [1.29, 1.82) is 0 Å². The van der Waals surface area contributed by atoms with E-state index in [1.54, 1.807) is 0 Å². The minimum absolute atomic E-state index is 0.693. The minimum Gasteiger partial charge on any atom is -0.366 e. The molecule has 5 heteroatoms. The Balaban J connectivity index is 1.26. The lowest BCUT2D eigenvalue weighted by molar-refractivity contribution is -0.0402. The number of aryl methyl sites for hydroxylation is 1. The van der Waals surface area contributed by atoms with E-state index in [1.165, 1.54) is 57.5 Å². The van der Waals surface area contributed by atoms with Gasteiger partial charge in [-0.15, -0.1) is 0 Å². The third-order valence-electron chi connectivity index (χ3n) is 6.59. The number of aromatic nitrogens is 2. The van der Waals surface area contributed by atoms with Crippen LogP contribution in [-0.4, -0.2) is 72.1 Å². The van der Waals surface area contributed by atoms with Crippen LogP contribution in [0.1, 0.15) is 38.4 Å². The molecule has 1 spiro atoms. The third kappa shape index (κ3) is 3.16. The van der Waals surface area contributed by atoms with Gasteiger partial charge in [-0.1, -0.05) is 6.92 Å². The lowest BCUT2D eigenvalue weighted by atomic mass is 9.60. The highest BCUT2D eigenvalue weighted by Gasteiger charge is 2.47. The number of hydrogen-bond donors (Lipinski definition) is 0. The van der Waals surface area contributed by atoms with Gasteiger partial charge in [-0.25, -0.2) is 9.97 Å². The van der Waals surface area contributed by atoms with Crippen LogP contribution in [0.3, 0.4) is 0 Å². The van der Waals surface area contributed by atoms with Crippen LogP contribution in [0.2, 0.25) is 0 Å². The van der Waals surface area contributed by atoms with Crippen molar-refractivity contribution >= 4 is 5.69 Å². The molecule has 1 aromatic heterocycles. The Hall–Kier alpha value is -1.20. The Kier molecular flexibility index (Phi) is 4.48. The molecule has 0 aromatic carbocycles. The van der Waals surface area contributed by atoms with Crippen molar-refractivity contribution in [2.45, 2.75) is 45.1 Å². The van der Waals surface area contributed by atoms with E-state index in [0.29, 0.717) is 5.41 Å². The first kappa shape index (κ1) is 16.3. The second-order valence-electron chi connectivity index (χ2n) is 8.10. The van der Waals surface area contributed by atoms with Crippen LogP contribution in [0.25, 0.3) is 0 Å². The zero-order valence-corrected chi connectivity index (χ0v) is 15.2. The maximum absolute atomic E-state index is 4.45. The largest absolute Gasteiger partial charge is 0.366 e. The van der Waals surface area contributed by atoms with Crippen LogP contribution in [0.15, 0.2) is 12.4 Å². The van der Waals surface area contributed by atoms with Gasteiger partial charge in [0.25, 0.3) is 0 Å². The average molecular weight is 329 g/mol. The summed E-state index contributed by atoms with van der Waals surface area (Å²) in [7, 11) is 2.26. The fourth-order valence-corrected chi connectivity index (χ4v) is 4.74. The van der Waals surface area contributed by atoms with Crippen LogP contribution in [0, 0.1) is 5.41 Å². The molecule has 132 valence electrons. The number of nitrogens with zero attached hydrogens (tertiary/aromatic N) is 5. The molecule has 0 bridgehead atoms. The number of likely N-dealkylation sites (tertiary alicyclic amines) is 1. The lowest BCUT2D eigenvalue weighted by Gasteiger charge is -2.56. The zero-order valence-electron chi connectivity index (χ0n) is 15.2. The van der Waals surface area contributed by atoms with Crippen molar-refractivity contribution in [1.82, 2.24) is 19.8 Å². The van der Waals surface area contributed by atoms with Crippen molar-refractivity contribution in [3.05, 3.63) is 18.2 Å². The molecule has 0 radical (unpaired) electrons. The van der Waals surface area contributed by atoms with Crippen LogP contribution >= 0.6 is 0 Å². The van der Waals surface area contributed by atoms with Gasteiger partial charge < -0.3 is 9.80 Å². The Labute approximate surface area is 146 Å². The van der Waals surface area contributed by atoms with E-state index in [9.17, 15) is 0 Å². The number of piperidine rings is 1. The van der Waals surface area contributed by atoms with E-state index in [0.717, 1.165) is 31.4 Å². The maximum atomic E-state index is 4.45. The normalized spacial score (nSPS) is 25.8. The van der Waals surface area contributed by atoms with Crippen molar-refractivity contribution in [3.63, 3.8) is 0 Å². The monoisotopic (exact) mass is 329 g/mol. The molecule has 3 heterocycles. The smallest absolute Gasteiger partial charge is 0.128 e. The lowest BCUT2D eigenvalue weighted by Crippen LogP contribution is -2.58. The van der Waals surface area contributed by atoms with Crippen molar-refractivity contribution in [2.24, 2.45) is 5.41 Å². The van der Waals surface area contributed by atoms with Gasteiger partial charge in [0.1, 0.15) is 5.82 Å². The fraction of sp³-hybridized carbons (Fsp3) is 0.789. The van der Waals surface area contributed by atoms with E-state index in [2.05, 4.69) is 38.6 Å². The van der Waals surface area contributed by atoms with Gasteiger partial charge in [-0.3, -0.25) is 4.90 Å². The molecule has 0 unspecified atom stereocenters. The van der Waals surface area contributed by atoms with Crippen LogP contribution in [-0.2, 0) is 6.42 Å². The summed E-state index contributed by atoms with van der Waals surface area (Å²) < 4.78 is 0. The summed E-state index contributed by atoms with van der Waals surface area (Å²) in [4.78, 5) is 16.6. The Morgan fingerprint density at radius 2 is 1.62 bits per heavy atom. The summed E-state index contributed by atoms with van der Waals surface area (Å²) in [5.41, 5.74) is 1.88. The van der Waals surface area contributed by atoms with Crippen LogP contribution in [0.4, 0.5) is 5.69 Å². The molecular formula is C19H31N5. The molecule has 1 saturated carbocycles. The Bertz CT molecular complexity index is 533. The number of rotatable bonds is 3. The number of hydrogen-bond acceptors (Lipinski definition) is 5. The third-order valence-corrected chi connectivity index (χ3v) is 6.59. The maximum Gasteiger partial charge on any atom is 0.128 e. The SMILES string of the molecule is CCc1ncc(N2CCN(C3CC4(CCN(C)CC4)C3)CC2)cn1. The molecule has 0 amide bonds. The molecular weight excluding hydrogens is 298 g/mol. The van der Waals surface area contributed by atoms with Gasteiger partial charge in [-0.05, 0) is 51.2 Å². The zero-order chi connectivity index (χ0) is 16.6. The van der Waals surface area contributed by atoms with E-state index >= 15 is 0 Å². The number of anilines is 1. The van der Waals surface area contributed by atoms with Gasteiger partial charge in [0.2, 0.25) is 0 Å². The second kappa shape index (κ2) is 6.60. The van der Waals surface area contributed by atoms with Crippen LogP contribution < -0.4 is 4.90 Å². The van der Waals surface area contributed by atoms with Crippen LogP contribution in [0.5, 0.6) is 0 Å². The highest BCUT2D eigenvalue weighted by Crippen LogP contribution is 2.50. The minimum atomic E-state index is 0.693. The van der Waals surface area contributed by atoms with E-state index in [-0.39, 0.29) is 0 Å². The van der Waals surface area contributed by atoms with Crippen molar-refractivity contribution < 1.29 is 0 Å². The molecule has 0 atom stereocenters. The Morgan fingerprint density at radius 1 is 1.00 bits per heavy atom. The molecule has 4 rings (SSSR count).